The van der Waals surface area contributed by atoms with Crippen LogP contribution in [0, 0.1) is 0 Å². The summed E-state index contributed by atoms with van der Waals surface area (Å²) >= 11 is 0. The molecule has 8 nitrogen and oxygen atoms in total. The number of tetrazole rings is 1. The molecule has 0 fully saturated rings. The molecule has 8 heteroatoms. The van der Waals surface area contributed by atoms with Gasteiger partial charge in [-0.3, -0.25) is 4.57 Å². The SMILES string of the molecule is CCc1nn(C(C)(C)C)c(=O)n1Cc1ccc(-c2ccccc2-c2nn[nH]n2)cc1. The zero-order chi connectivity index (χ0) is 21.3. The summed E-state index contributed by atoms with van der Waals surface area (Å²) in [6, 6.07) is 16.1. The smallest absolute Gasteiger partial charge is 0.274 e. The van der Waals surface area contributed by atoms with Crippen LogP contribution in [0.3, 0.4) is 0 Å². The summed E-state index contributed by atoms with van der Waals surface area (Å²) in [6.07, 6.45) is 0.703. The third-order valence-electron chi connectivity index (χ3n) is 5.01. The molecular formula is C22H25N7O. The summed E-state index contributed by atoms with van der Waals surface area (Å²) in [5.41, 5.74) is 3.60. The number of nitrogens with one attached hydrogen (secondary N) is 1. The molecular weight excluding hydrogens is 378 g/mol. The summed E-state index contributed by atoms with van der Waals surface area (Å²) in [4.78, 5) is 12.9. The molecule has 2 heterocycles. The van der Waals surface area contributed by atoms with Crippen LogP contribution in [0.2, 0.25) is 0 Å². The molecule has 2 aromatic heterocycles. The van der Waals surface area contributed by atoms with Crippen molar-refractivity contribution in [3.05, 3.63) is 70.4 Å². The van der Waals surface area contributed by atoms with Gasteiger partial charge in [-0.25, -0.2) is 9.48 Å². The quantitative estimate of drug-likeness (QED) is 0.552. The van der Waals surface area contributed by atoms with E-state index in [1.54, 1.807) is 9.25 Å². The first-order chi connectivity index (χ1) is 14.4. The standard InChI is InChI=1S/C22H25N7O/c1-5-19-25-29(22(2,3)4)21(30)28(19)14-15-10-12-16(13-11-15)17-8-6-7-9-18(17)20-23-26-27-24-20/h6-13H,5,14H2,1-4H3,(H,23,24,26,27). The molecule has 0 bridgehead atoms. The predicted octanol–water partition coefficient (Wildman–Crippen LogP) is 3.26. The van der Waals surface area contributed by atoms with E-state index in [1.165, 1.54) is 0 Å². The summed E-state index contributed by atoms with van der Waals surface area (Å²) in [7, 11) is 0. The number of hydrogen-bond donors (Lipinski definition) is 1. The maximum absolute atomic E-state index is 12.9. The molecule has 0 saturated carbocycles. The van der Waals surface area contributed by atoms with E-state index in [2.05, 4.69) is 37.9 Å². The van der Waals surface area contributed by atoms with Crippen molar-refractivity contribution in [1.29, 1.82) is 0 Å². The van der Waals surface area contributed by atoms with Crippen molar-refractivity contribution in [1.82, 2.24) is 35.0 Å². The van der Waals surface area contributed by atoms with Gasteiger partial charge in [-0.15, -0.1) is 10.2 Å². The zero-order valence-corrected chi connectivity index (χ0v) is 17.6. The molecule has 0 saturated heterocycles. The Kier molecular flexibility index (Phi) is 5.07. The van der Waals surface area contributed by atoms with Crippen LogP contribution in [0.15, 0.2) is 53.3 Å². The lowest BCUT2D eigenvalue weighted by molar-refractivity contribution is 0.340. The van der Waals surface area contributed by atoms with Crippen molar-refractivity contribution in [2.75, 3.05) is 0 Å². The second-order valence-electron chi connectivity index (χ2n) is 8.20. The first-order valence-corrected chi connectivity index (χ1v) is 10.00. The summed E-state index contributed by atoms with van der Waals surface area (Å²) in [6.45, 7) is 8.47. The number of nitrogens with zero attached hydrogens (tertiary/aromatic N) is 6. The highest BCUT2D eigenvalue weighted by Gasteiger charge is 2.22. The van der Waals surface area contributed by atoms with Crippen LogP contribution in [-0.2, 0) is 18.5 Å². The molecule has 0 atom stereocenters. The summed E-state index contributed by atoms with van der Waals surface area (Å²) in [5, 5.41) is 18.9. The van der Waals surface area contributed by atoms with Crippen molar-refractivity contribution < 1.29 is 0 Å². The predicted molar refractivity (Wildman–Crippen MR) is 115 cm³/mol. The van der Waals surface area contributed by atoms with Gasteiger partial charge in [0.15, 0.2) is 0 Å². The average Bonchev–Trinajstić information content (AvgIpc) is 3.37. The molecule has 1 N–H and O–H groups in total. The molecule has 0 aliphatic heterocycles. The fourth-order valence-electron chi connectivity index (χ4n) is 3.47. The monoisotopic (exact) mass is 403 g/mol. The lowest BCUT2D eigenvalue weighted by Gasteiger charge is -2.16. The van der Waals surface area contributed by atoms with Gasteiger partial charge in [-0.05, 0) is 42.7 Å². The number of aromatic amines is 1. The molecule has 4 rings (SSSR count). The average molecular weight is 403 g/mol. The van der Waals surface area contributed by atoms with E-state index in [9.17, 15) is 4.79 Å². The van der Waals surface area contributed by atoms with Gasteiger partial charge in [0.25, 0.3) is 0 Å². The van der Waals surface area contributed by atoms with Crippen molar-refractivity contribution in [3.8, 4) is 22.5 Å². The Bertz CT molecular complexity index is 1200. The summed E-state index contributed by atoms with van der Waals surface area (Å²) < 4.78 is 3.33. The van der Waals surface area contributed by atoms with Gasteiger partial charge in [0, 0.05) is 12.0 Å². The first-order valence-electron chi connectivity index (χ1n) is 10.00. The number of H-pyrrole nitrogens is 1. The molecule has 0 aliphatic rings. The van der Waals surface area contributed by atoms with Gasteiger partial charge in [0.1, 0.15) is 5.82 Å². The van der Waals surface area contributed by atoms with E-state index in [0.29, 0.717) is 18.8 Å². The lowest BCUT2D eigenvalue weighted by atomic mass is 9.98. The number of benzene rings is 2. The highest BCUT2D eigenvalue weighted by atomic mass is 16.2. The molecule has 2 aromatic carbocycles. The highest BCUT2D eigenvalue weighted by molar-refractivity contribution is 5.80. The second kappa shape index (κ2) is 7.70. The van der Waals surface area contributed by atoms with Crippen LogP contribution in [0.5, 0.6) is 0 Å². The minimum atomic E-state index is -0.352. The van der Waals surface area contributed by atoms with Crippen LogP contribution >= 0.6 is 0 Å². The molecule has 0 spiro atoms. The zero-order valence-electron chi connectivity index (χ0n) is 17.6. The van der Waals surface area contributed by atoms with E-state index in [4.69, 9.17) is 0 Å². The van der Waals surface area contributed by atoms with Gasteiger partial charge >= 0.3 is 5.69 Å². The van der Waals surface area contributed by atoms with E-state index >= 15 is 0 Å². The van der Waals surface area contributed by atoms with Crippen molar-refractivity contribution in [2.24, 2.45) is 0 Å². The van der Waals surface area contributed by atoms with Gasteiger partial charge in [-0.2, -0.15) is 10.3 Å². The molecule has 0 unspecified atom stereocenters. The third kappa shape index (κ3) is 3.68. The van der Waals surface area contributed by atoms with Gasteiger partial charge in [-0.1, -0.05) is 55.5 Å². The Balaban J connectivity index is 1.66. The number of rotatable bonds is 5. The molecule has 154 valence electrons. The maximum atomic E-state index is 12.9. The molecule has 30 heavy (non-hydrogen) atoms. The van der Waals surface area contributed by atoms with Crippen molar-refractivity contribution >= 4 is 0 Å². The maximum Gasteiger partial charge on any atom is 0.346 e. The van der Waals surface area contributed by atoms with Crippen LogP contribution in [0.1, 0.15) is 39.1 Å². The van der Waals surface area contributed by atoms with Crippen LogP contribution in [0.25, 0.3) is 22.5 Å². The molecule has 4 aromatic rings. The highest BCUT2D eigenvalue weighted by Crippen LogP contribution is 2.29. The molecule has 0 radical (unpaired) electrons. The Morgan fingerprint density at radius 3 is 2.30 bits per heavy atom. The molecule has 0 amide bonds. The Morgan fingerprint density at radius 1 is 1.00 bits per heavy atom. The minimum absolute atomic E-state index is 0.0779. The van der Waals surface area contributed by atoms with Gasteiger partial charge in [0.2, 0.25) is 5.82 Å². The van der Waals surface area contributed by atoms with Crippen LogP contribution < -0.4 is 5.69 Å². The van der Waals surface area contributed by atoms with Crippen molar-refractivity contribution in [3.63, 3.8) is 0 Å². The van der Waals surface area contributed by atoms with Crippen molar-refractivity contribution in [2.45, 2.75) is 46.2 Å². The van der Waals surface area contributed by atoms with E-state index in [1.807, 2.05) is 64.1 Å². The number of hydrogen-bond acceptors (Lipinski definition) is 5. The Hall–Kier alpha value is -3.55. The molecule has 0 aliphatic carbocycles. The van der Waals surface area contributed by atoms with Crippen LogP contribution in [0.4, 0.5) is 0 Å². The largest absolute Gasteiger partial charge is 0.346 e. The van der Waals surface area contributed by atoms with Crippen LogP contribution in [-0.4, -0.2) is 35.0 Å². The number of aromatic nitrogens is 7. The fourth-order valence-corrected chi connectivity index (χ4v) is 3.47. The second-order valence-corrected chi connectivity index (χ2v) is 8.20. The Labute approximate surface area is 174 Å². The fraction of sp³-hybridized carbons (Fsp3) is 0.318. The van der Waals surface area contributed by atoms with E-state index in [0.717, 1.165) is 28.1 Å². The van der Waals surface area contributed by atoms with E-state index < -0.39 is 0 Å². The van der Waals surface area contributed by atoms with Gasteiger partial charge < -0.3 is 0 Å². The first kappa shape index (κ1) is 19.8. The van der Waals surface area contributed by atoms with E-state index in [-0.39, 0.29) is 11.2 Å². The number of aryl methyl sites for hydroxylation is 1. The van der Waals surface area contributed by atoms with Gasteiger partial charge in [0.05, 0.1) is 12.1 Å². The summed E-state index contributed by atoms with van der Waals surface area (Å²) in [5.74, 6) is 1.35. The third-order valence-corrected chi connectivity index (χ3v) is 5.01. The topological polar surface area (TPSA) is 94.3 Å². The Morgan fingerprint density at radius 2 is 1.70 bits per heavy atom. The minimum Gasteiger partial charge on any atom is -0.274 e. The lowest BCUT2D eigenvalue weighted by Crippen LogP contribution is -2.35. The normalized spacial score (nSPS) is 11.7.